The van der Waals surface area contributed by atoms with E-state index in [0.717, 1.165) is 32.5 Å². The zero-order valence-corrected chi connectivity index (χ0v) is 14.7. The molecule has 1 aromatic carbocycles. The average Bonchev–Trinajstić information content (AvgIpc) is 2.65. The number of piperazine rings is 1. The fraction of sp³-hybridized carbons (Fsp3) is 0.632. The van der Waals surface area contributed by atoms with Crippen molar-refractivity contribution >= 4 is 6.09 Å². The van der Waals surface area contributed by atoms with Crippen LogP contribution in [0.15, 0.2) is 30.3 Å². The Kier molecular flexibility index (Phi) is 4.13. The van der Waals surface area contributed by atoms with Crippen LogP contribution in [-0.2, 0) is 11.3 Å². The third-order valence-electron chi connectivity index (χ3n) is 4.84. The summed E-state index contributed by atoms with van der Waals surface area (Å²) in [5.41, 5.74) is 0.787. The van der Waals surface area contributed by atoms with Crippen molar-refractivity contribution in [3.63, 3.8) is 0 Å². The lowest BCUT2D eigenvalue weighted by molar-refractivity contribution is -0.0295. The summed E-state index contributed by atoms with van der Waals surface area (Å²) in [4.78, 5) is 17.1. The van der Waals surface area contributed by atoms with Crippen molar-refractivity contribution in [2.24, 2.45) is 0 Å². The standard InChI is InChI=1S/C19H28N2O2/c1-18(2,3)23-17(22)21-16-10-11-19(21,4)14-20(13-16)12-15-8-6-5-7-9-15/h5-9,16H,10-14H2,1-4H3/t16-,19+/m0/s1. The molecule has 4 heteroatoms. The maximum Gasteiger partial charge on any atom is 0.411 e. The smallest absolute Gasteiger partial charge is 0.411 e. The van der Waals surface area contributed by atoms with Crippen LogP contribution in [0.25, 0.3) is 0 Å². The van der Waals surface area contributed by atoms with Crippen molar-refractivity contribution in [3.05, 3.63) is 35.9 Å². The van der Waals surface area contributed by atoms with E-state index in [1.807, 2.05) is 25.7 Å². The molecule has 0 aliphatic carbocycles. The molecule has 0 aromatic heterocycles. The Morgan fingerprint density at radius 3 is 2.61 bits per heavy atom. The molecule has 2 aliphatic rings. The second-order valence-corrected chi connectivity index (χ2v) is 8.20. The van der Waals surface area contributed by atoms with E-state index in [9.17, 15) is 4.79 Å². The minimum absolute atomic E-state index is 0.111. The fourth-order valence-corrected chi connectivity index (χ4v) is 3.98. The summed E-state index contributed by atoms with van der Waals surface area (Å²) in [5, 5.41) is 0. The molecule has 0 N–H and O–H groups in total. The summed E-state index contributed by atoms with van der Waals surface area (Å²) in [6.45, 7) is 10.8. The Hall–Kier alpha value is -1.55. The van der Waals surface area contributed by atoms with Gasteiger partial charge in [-0.15, -0.1) is 0 Å². The van der Waals surface area contributed by atoms with Gasteiger partial charge in [-0.25, -0.2) is 4.79 Å². The Labute approximate surface area is 139 Å². The monoisotopic (exact) mass is 316 g/mol. The second kappa shape index (κ2) is 5.82. The Morgan fingerprint density at radius 1 is 1.30 bits per heavy atom. The fourth-order valence-electron chi connectivity index (χ4n) is 3.98. The minimum Gasteiger partial charge on any atom is -0.444 e. The number of likely N-dealkylation sites (tertiary alicyclic amines) is 1. The summed E-state index contributed by atoms with van der Waals surface area (Å²) in [6, 6.07) is 10.8. The molecule has 0 radical (unpaired) electrons. The summed E-state index contributed by atoms with van der Waals surface area (Å²) in [7, 11) is 0. The molecule has 2 bridgehead atoms. The van der Waals surface area contributed by atoms with Crippen molar-refractivity contribution in [2.45, 2.75) is 64.3 Å². The molecule has 1 aromatic rings. The Bertz CT molecular complexity index is 566. The third-order valence-corrected chi connectivity index (χ3v) is 4.84. The zero-order chi connectivity index (χ0) is 16.7. The number of nitrogens with zero attached hydrogens (tertiary/aromatic N) is 2. The van der Waals surface area contributed by atoms with Crippen LogP contribution in [0.5, 0.6) is 0 Å². The molecule has 2 fully saturated rings. The van der Waals surface area contributed by atoms with Crippen molar-refractivity contribution in [3.8, 4) is 0 Å². The first-order chi connectivity index (χ1) is 10.8. The number of benzene rings is 1. The first-order valence-corrected chi connectivity index (χ1v) is 8.55. The largest absolute Gasteiger partial charge is 0.444 e. The van der Waals surface area contributed by atoms with E-state index in [1.54, 1.807) is 0 Å². The van der Waals surface area contributed by atoms with Gasteiger partial charge in [0, 0.05) is 25.7 Å². The quantitative estimate of drug-likeness (QED) is 0.835. The van der Waals surface area contributed by atoms with E-state index in [1.165, 1.54) is 5.56 Å². The molecule has 2 saturated heterocycles. The van der Waals surface area contributed by atoms with Crippen LogP contribution in [0.3, 0.4) is 0 Å². The summed E-state index contributed by atoms with van der Waals surface area (Å²) in [5.74, 6) is 0. The Morgan fingerprint density at radius 2 is 2.00 bits per heavy atom. The maximum atomic E-state index is 12.6. The highest BCUT2D eigenvalue weighted by Gasteiger charge is 2.51. The molecule has 3 rings (SSSR count). The van der Waals surface area contributed by atoms with E-state index in [2.05, 4.69) is 42.2 Å². The summed E-state index contributed by atoms with van der Waals surface area (Å²) >= 11 is 0. The molecular formula is C19H28N2O2. The first kappa shape index (κ1) is 16.3. The summed E-state index contributed by atoms with van der Waals surface area (Å²) < 4.78 is 5.65. The third kappa shape index (κ3) is 3.52. The predicted molar refractivity (Wildman–Crippen MR) is 91.2 cm³/mol. The Balaban J connectivity index is 1.71. The van der Waals surface area contributed by atoms with Gasteiger partial charge in [-0.3, -0.25) is 9.80 Å². The lowest BCUT2D eigenvalue weighted by Gasteiger charge is -2.47. The predicted octanol–water partition coefficient (Wildman–Crippen LogP) is 3.66. The van der Waals surface area contributed by atoms with Gasteiger partial charge in [-0.2, -0.15) is 0 Å². The number of hydrogen-bond acceptors (Lipinski definition) is 3. The number of hydrogen-bond donors (Lipinski definition) is 0. The van der Waals surface area contributed by atoms with Gasteiger partial charge in [0.2, 0.25) is 0 Å². The van der Waals surface area contributed by atoms with Crippen molar-refractivity contribution < 1.29 is 9.53 Å². The average molecular weight is 316 g/mol. The normalized spacial score (nSPS) is 28.0. The van der Waals surface area contributed by atoms with Crippen molar-refractivity contribution in [2.75, 3.05) is 13.1 Å². The number of ether oxygens (including phenoxy) is 1. The van der Waals surface area contributed by atoms with Crippen molar-refractivity contribution in [1.29, 1.82) is 0 Å². The molecule has 2 atom stereocenters. The molecule has 0 spiro atoms. The first-order valence-electron chi connectivity index (χ1n) is 8.55. The van der Waals surface area contributed by atoms with Crippen LogP contribution >= 0.6 is 0 Å². The molecule has 2 heterocycles. The van der Waals surface area contributed by atoms with Gasteiger partial charge in [0.25, 0.3) is 0 Å². The second-order valence-electron chi connectivity index (χ2n) is 8.20. The van der Waals surface area contributed by atoms with Gasteiger partial charge in [0.1, 0.15) is 5.60 Å². The molecule has 0 saturated carbocycles. The topological polar surface area (TPSA) is 32.8 Å². The lowest BCUT2D eigenvalue weighted by atomic mass is 9.97. The number of rotatable bonds is 2. The van der Waals surface area contributed by atoms with Crippen LogP contribution in [0, 0.1) is 0 Å². The molecule has 2 aliphatic heterocycles. The van der Waals surface area contributed by atoms with Crippen LogP contribution in [0.4, 0.5) is 4.79 Å². The molecule has 4 nitrogen and oxygen atoms in total. The van der Waals surface area contributed by atoms with Gasteiger partial charge in [-0.1, -0.05) is 30.3 Å². The van der Waals surface area contributed by atoms with E-state index < -0.39 is 5.60 Å². The SMILES string of the molecule is CC(C)(C)OC(=O)N1[C@H]2CC[C@]1(C)CN(Cc1ccccc1)C2. The van der Waals surface area contributed by atoms with E-state index >= 15 is 0 Å². The van der Waals surface area contributed by atoms with E-state index in [4.69, 9.17) is 4.74 Å². The molecule has 1 amide bonds. The molecule has 0 unspecified atom stereocenters. The van der Waals surface area contributed by atoms with E-state index in [0.29, 0.717) is 0 Å². The van der Waals surface area contributed by atoms with Crippen LogP contribution in [-0.4, -0.2) is 46.2 Å². The number of fused-ring (bicyclic) bond motifs is 2. The van der Waals surface area contributed by atoms with Crippen LogP contribution in [0.1, 0.15) is 46.1 Å². The van der Waals surface area contributed by atoms with Gasteiger partial charge < -0.3 is 4.74 Å². The zero-order valence-electron chi connectivity index (χ0n) is 14.7. The lowest BCUT2D eigenvalue weighted by Crippen LogP contribution is -2.62. The van der Waals surface area contributed by atoms with Gasteiger partial charge >= 0.3 is 6.09 Å². The highest BCUT2D eigenvalue weighted by molar-refractivity contribution is 5.70. The van der Waals surface area contributed by atoms with Crippen LogP contribution in [0.2, 0.25) is 0 Å². The van der Waals surface area contributed by atoms with Gasteiger partial charge in [0.05, 0.1) is 5.54 Å². The molecule has 23 heavy (non-hydrogen) atoms. The van der Waals surface area contributed by atoms with Gasteiger partial charge in [0.15, 0.2) is 0 Å². The number of carbonyl (C=O) groups excluding carboxylic acids is 1. The van der Waals surface area contributed by atoms with Gasteiger partial charge in [-0.05, 0) is 46.1 Å². The maximum absolute atomic E-state index is 12.6. The number of amides is 1. The summed E-state index contributed by atoms with van der Waals surface area (Å²) in [6.07, 6.45) is 1.98. The minimum atomic E-state index is -0.436. The number of carbonyl (C=O) groups is 1. The van der Waals surface area contributed by atoms with Crippen molar-refractivity contribution in [1.82, 2.24) is 9.80 Å². The highest BCUT2D eigenvalue weighted by atomic mass is 16.6. The molecular weight excluding hydrogens is 288 g/mol. The molecule has 126 valence electrons. The van der Waals surface area contributed by atoms with Crippen LogP contribution < -0.4 is 0 Å². The highest BCUT2D eigenvalue weighted by Crippen LogP contribution is 2.40. The van der Waals surface area contributed by atoms with E-state index in [-0.39, 0.29) is 17.7 Å².